The largest absolute Gasteiger partial charge is 0.393 e. The Morgan fingerprint density at radius 2 is 1.00 bits per heavy atom. The highest BCUT2D eigenvalue weighted by Gasteiger charge is 2.25. The van der Waals surface area contributed by atoms with Gasteiger partial charge in [0, 0.05) is 12.8 Å². The van der Waals surface area contributed by atoms with Crippen LogP contribution in [0.2, 0.25) is 0 Å². The molecule has 0 fully saturated rings. The van der Waals surface area contributed by atoms with Gasteiger partial charge in [0.1, 0.15) is 6.29 Å². The highest BCUT2D eigenvalue weighted by atomic mass is 16.6. The molecule has 43 heavy (non-hydrogen) atoms. The van der Waals surface area contributed by atoms with Crippen LogP contribution in [0.1, 0.15) is 181 Å². The Kier molecular flexibility index (Phi) is 31.4. The number of aldehydes is 1. The quantitative estimate of drug-likeness (QED) is 0.0261. The highest BCUT2D eigenvalue weighted by Crippen LogP contribution is 2.22. The van der Waals surface area contributed by atoms with E-state index < -0.39 is 0 Å². The number of allylic oxidation sites excluding steroid dienone is 6. The maximum absolute atomic E-state index is 12.7. The van der Waals surface area contributed by atoms with Crippen LogP contribution in [0, 0.1) is 11.8 Å². The van der Waals surface area contributed by atoms with E-state index in [9.17, 15) is 14.4 Å². The maximum atomic E-state index is 12.7. The van der Waals surface area contributed by atoms with Crippen molar-refractivity contribution in [2.75, 3.05) is 0 Å². The summed E-state index contributed by atoms with van der Waals surface area (Å²) >= 11 is 0. The van der Waals surface area contributed by atoms with Crippen LogP contribution in [0.4, 0.5) is 0 Å². The average Bonchev–Trinajstić information content (AvgIpc) is 2.98. The second kappa shape index (κ2) is 32.9. The van der Waals surface area contributed by atoms with E-state index in [0.717, 1.165) is 83.3 Å². The number of esters is 2. The molecular formula is C39H68O4. The number of carbonyl (C=O) groups excluding carboxylic acids is 3. The van der Waals surface area contributed by atoms with Crippen LogP contribution in [0.5, 0.6) is 0 Å². The van der Waals surface area contributed by atoms with Gasteiger partial charge in [-0.15, -0.1) is 0 Å². The van der Waals surface area contributed by atoms with E-state index in [-0.39, 0.29) is 23.8 Å². The lowest BCUT2D eigenvalue weighted by molar-refractivity contribution is -0.164. The summed E-state index contributed by atoms with van der Waals surface area (Å²) in [4.78, 5) is 35.2. The van der Waals surface area contributed by atoms with Crippen molar-refractivity contribution >= 4 is 18.2 Å². The summed E-state index contributed by atoms with van der Waals surface area (Å²) in [5, 5.41) is 0. The van der Waals surface area contributed by atoms with Crippen LogP contribution >= 0.6 is 0 Å². The smallest absolute Gasteiger partial charge is 0.316 e. The van der Waals surface area contributed by atoms with E-state index in [1.807, 2.05) is 0 Å². The molecule has 4 nitrogen and oxygen atoms in total. The average molecular weight is 601 g/mol. The molecule has 0 aliphatic carbocycles. The molecule has 0 bridgehead atoms. The van der Waals surface area contributed by atoms with E-state index in [1.165, 1.54) is 77.0 Å². The Morgan fingerprint density at radius 3 is 1.51 bits per heavy atom. The molecule has 4 heteroatoms. The molecule has 0 heterocycles. The molecule has 0 aromatic heterocycles. The zero-order chi connectivity index (χ0) is 31.6. The first-order valence-corrected chi connectivity index (χ1v) is 18.2. The van der Waals surface area contributed by atoms with Crippen LogP contribution in [0.25, 0.3) is 0 Å². The topological polar surface area (TPSA) is 60.4 Å². The van der Waals surface area contributed by atoms with Crippen LogP contribution in [0.3, 0.4) is 0 Å². The SMILES string of the molecule is CCC=CCC=CCC=CCCCCCCCC(=O)OC(=O)C(CCCCCCCCCCCCCCCC=O)C(C)C. The normalized spacial score (nSPS) is 12.7. The van der Waals surface area contributed by atoms with E-state index in [0.29, 0.717) is 6.42 Å². The number of ether oxygens (including phenoxy) is 1. The van der Waals surface area contributed by atoms with Gasteiger partial charge in [0.15, 0.2) is 0 Å². The van der Waals surface area contributed by atoms with Gasteiger partial charge in [0.05, 0.1) is 5.92 Å². The fourth-order valence-corrected chi connectivity index (χ4v) is 5.39. The Bertz CT molecular complexity index is 734. The summed E-state index contributed by atoms with van der Waals surface area (Å²) in [6.07, 6.45) is 41.9. The summed E-state index contributed by atoms with van der Waals surface area (Å²) in [5.74, 6) is -0.653. The highest BCUT2D eigenvalue weighted by molar-refractivity contribution is 5.86. The van der Waals surface area contributed by atoms with Gasteiger partial charge in [0.2, 0.25) is 0 Å². The molecule has 248 valence electrons. The minimum absolute atomic E-state index is 0.177. The molecule has 1 unspecified atom stereocenters. The Balaban J connectivity index is 3.74. The molecule has 0 spiro atoms. The molecule has 0 amide bonds. The van der Waals surface area contributed by atoms with Crippen molar-refractivity contribution in [2.45, 2.75) is 181 Å². The van der Waals surface area contributed by atoms with Crippen LogP contribution in [-0.4, -0.2) is 18.2 Å². The third-order valence-electron chi connectivity index (χ3n) is 8.19. The Hall–Kier alpha value is -1.97. The zero-order valence-electron chi connectivity index (χ0n) is 28.5. The fraction of sp³-hybridized carbons (Fsp3) is 0.769. The third kappa shape index (κ3) is 29.9. The van der Waals surface area contributed by atoms with Crippen molar-refractivity contribution in [3.8, 4) is 0 Å². The first-order valence-electron chi connectivity index (χ1n) is 18.2. The first kappa shape index (κ1) is 41.0. The molecule has 0 aromatic carbocycles. The standard InChI is InChI=1S/C39H68O4/c1-4-5-6-7-8-9-10-11-12-16-19-22-25-28-31-34-38(41)43-39(42)37(36(2)3)33-30-27-24-21-18-15-13-14-17-20-23-26-29-32-35-40/h5-6,8-9,11-12,35-37H,4,7,10,13-34H2,1-3H3. The second-order valence-electron chi connectivity index (χ2n) is 12.6. The predicted octanol–water partition coefficient (Wildman–Crippen LogP) is 12.0. The fourth-order valence-electron chi connectivity index (χ4n) is 5.39. The van der Waals surface area contributed by atoms with Gasteiger partial charge in [-0.2, -0.15) is 0 Å². The molecule has 0 aromatic rings. The van der Waals surface area contributed by atoms with Gasteiger partial charge in [-0.1, -0.05) is 154 Å². The molecule has 0 aliphatic heterocycles. The molecule has 0 radical (unpaired) electrons. The minimum atomic E-state index is -0.352. The van der Waals surface area contributed by atoms with Crippen LogP contribution in [-0.2, 0) is 19.1 Å². The lowest BCUT2D eigenvalue weighted by atomic mass is 9.90. The Labute approximate surface area is 266 Å². The lowest BCUT2D eigenvalue weighted by Crippen LogP contribution is -2.25. The summed E-state index contributed by atoms with van der Waals surface area (Å²) in [5.41, 5.74) is 0. The summed E-state index contributed by atoms with van der Waals surface area (Å²) in [6.45, 7) is 6.26. The van der Waals surface area contributed by atoms with Crippen molar-refractivity contribution < 1.29 is 19.1 Å². The number of carbonyl (C=O) groups is 3. The zero-order valence-corrected chi connectivity index (χ0v) is 28.5. The molecule has 0 aliphatic rings. The van der Waals surface area contributed by atoms with E-state index in [2.05, 4.69) is 57.2 Å². The van der Waals surface area contributed by atoms with Gasteiger partial charge >= 0.3 is 11.9 Å². The molecule has 0 saturated carbocycles. The molecule has 0 saturated heterocycles. The van der Waals surface area contributed by atoms with Gasteiger partial charge in [-0.05, 0) is 57.3 Å². The van der Waals surface area contributed by atoms with Gasteiger partial charge in [-0.3, -0.25) is 9.59 Å². The van der Waals surface area contributed by atoms with Crippen molar-refractivity contribution in [1.82, 2.24) is 0 Å². The van der Waals surface area contributed by atoms with Crippen molar-refractivity contribution in [2.24, 2.45) is 11.8 Å². The monoisotopic (exact) mass is 601 g/mol. The number of hydrogen-bond acceptors (Lipinski definition) is 4. The molecular weight excluding hydrogens is 532 g/mol. The summed E-state index contributed by atoms with van der Waals surface area (Å²) < 4.78 is 5.26. The number of hydrogen-bond donors (Lipinski definition) is 0. The van der Waals surface area contributed by atoms with E-state index in [4.69, 9.17) is 4.74 Å². The third-order valence-corrected chi connectivity index (χ3v) is 8.19. The molecule has 1 atom stereocenters. The van der Waals surface area contributed by atoms with Crippen molar-refractivity contribution in [1.29, 1.82) is 0 Å². The Morgan fingerprint density at radius 1 is 0.558 bits per heavy atom. The number of unbranched alkanes of at least 4 members (excludes halogenated alkanes) is 18. The lowest BCUT2D eigenvalue weighted by Gasteiger charge is -2.18. The van der Waals surface area contributed by atoms with Gasteiger partial charge < -0.3 is 9.53 Å². The van der Waals surface area contributed by atoms with E-state index in [1.54, 1.807) is 0 Å². The molecule has 0 N–H and O–H groups in total. The summed E-state index contributed by atoms with van der Waals surface area (Å²) in [7, 11) is 0. The van der Waals surface area contributed by atoms with E-state index >= 15 is 0 Å². The predicted molar refractivity (Wildman–Crippen MR) is 184 cm³/mol. The second-order valence-corrected chi connectivity index (χ2v) is 12.6. The van der Waals surface area contributed by atoms with Gasteiger partial charge in [-0.25, -0.2) is 0 Å². The van der Waals surface area contributed by atoms with Crippen molar-refractivity contribution in [3.63, 3.8) is 0 Å². The van der Waals surface area contributed by atoms with Gasteiger partial charge in [0.25, 0.3) is 0 Å². The van der Waals surface area contributed by atoms with Crippen LogP contribution < -0.4 is 0 Å². The minimum Gasteiger partial charge on any atom is -0.393 e. The summed E-state index contributed by atoms with van der Waals surface area (Å²) in [6, 6.07) is 0. The van der Waals surface area contributed by atoms with Crippen LogP contribution in [0.15, 0.2) is 36.5 Å². The molecule has 0 rings (SSSR count). The van der Waals surface area contributed by atoms with Crippen molar-refractivity contribution in [3.05, 3.63) is 36.5 Å². The maximum Gasteiger partial charge on any atom is 0.316 e. The first-order chi connectivity index (χ1) is 21.0. The number of rotatable bonds is 31.